The van der Waals surface area contributed by atoms with Crippen LogP contribution in [0.3, 0.4) is 0 Å². The van der Waals surface area contributed by atoms with E-state index >= 15 is 0 Å². The molecule has 0 aromatic rings. The van der Waals surface area contributed by atoms with E-state index < -0.39 is 230 Å². The average molecular weight is 1020 g/mol. The lowest BCUT2D eigenvalue weighted by molar-refractivity contribution is -0.404. The number of rotatable bonds is 7. The van der Waals surface area contributed by atoms with E-state index in [4.69, 9.17) is 56.8 Å². The Kier molecular flexibility index (Phi) is 18.4. The Bertz CT molecular complexity index is 1630. The third-order valence-corrected chi connectivity index (χ3v) is 12.9. The molecule has 30 atom stereocenters. The number of aliphatic hydroxyl groups excluding tert-OH is 17. The Morgan fingerprint density at radius 1 is 0.290 bits per heavy atom. The standard InChI is InChI=1S/C37H60O32/c38-1-7-25-13(43)19(49)31(58-7)65-26-8(2-39)60-33(21(51)15(26)45)67-28-10(4-41)62-35(23(53)17(28)47)69-30-12(6-57-37(55)56)63-36(24(54)18(30)48)68-29-11(5-42)61-34(22(52)16(29)46)66-27-9(3-40)59-32(64-25)20(50)14(27)44/h7-36,38-54H,1-6H2,(H,55,56)/t7-,8-,9-,10-,11-,12-,13-,14-,15-,16-,17-,18-,19-,20-,21-,22-,23-,24-,25-,26-,27-,28-,29-,30-,31-,32-,33-,34-,35-,36-/m1/s1. The highest BCUT2D eigenvalue weighted by Gasteiger charge is 2.59. The molecule has 22 saturated heterocycles. The summed E-state index contributed by atoms with van der Waals surface area (Å²) in [5, 5.41) is 195. The van der Waals surface area contributed by atoms with Crippen molar-refractivity contribution in [1.29, 1.82) is 0 Å². The van der Waals surface area contributed by atoms with Gasteiger partial charge in [-0.05, 0) is 0 Å². The van der Waals surface area contributed by atoms with Crippen molar-refractivity contribution in [1.82, 2.24) is 0 Å². The minimum absolute atomic E-state index is 1.02. The smallest absolute Gasteiger partial charge is 0.450 e. The highest BCUT2D eigenvalue weighted by Crippen LogP contribution is 2.38. The predicted molar refractivity (Wildman–Crippen MR) is 203 cm³/mol. The number of carbonyl (C=O) groups is 1. The van der Waals surface area contributed by atoms with Crippen LogP contribution >= 0.6 is 0 Å². The summed E-state index contributed by atoms with van der Waals surface area (Å²) in [6.07, 6.45) is -62.1. The maximum Gasteiger partial charge on any atom is 0.505 e. The van der Waals surface area contributed by atoms with Crippen LogP contribution in [-0.4, -0.2) is 322 Å². The molecule has 0 saturated carbocycles. The largest absolute Gasteiger partial charge is 0.505 e. The fraction of sp³-hybridized carbons (Fsp3) is 0.973. The van der Waals surface area contributed by atoms with Crippen molar-refractivity contribution in [3.8, 4) is 0 Å². The number of carboxylic acid groups (broad SMARTS) is 1. The van der Waals surface area contributed by atoms with Gasteiger partial charge in [0.25, 0.3) is 0 Å². The summed E-state index contributed by atoms with van der Waals surface area (Å²) in [4.78, 5) is 11.5. The van der Waals surface area contributed by atoms with E-state index in [1.807, 2.05) is 0 Å². The van der Waals surface area contributed by atoms with Gasteiger partial charge in [-0.15, -0.1) is 0 Å². The van der Waals surface area contributed by atoms with Gasteiger partial charge >= 0.3 is 6.16 Å². The second kappa shape index (κ2) is 23.1. The maximum atomic E-state index is 11.5. The SMILES string of the molecule is O=C(O)OC[C@H]1O[C@@H]2O[C@H]3[C@H](O)[C@@H](O)[C@@H](O[C@H]4[C@H](O)[C@@H](O)[C@@H](O[C@H]5[C@H](O)[C@@H](O)[C@@H](O[C@H]6[C@H](O)[C@@H](O)[C@@H](O[C@H]7[C@H](O)[C@@H](O)[C@@H](O[C@H]1[C@H](O)[C@H]2O)O[C@@H]7CO)O[C@@H]6CO)O[C@@H]5CO)O[C@@H]4CO)O[C@@H]3CO. The summed E-state index contributed by atoms with van der Waals surface area (Å²) in [6.45, 7) is -6.19. The van der Waals surface area contributed by atoms with Crippen molar-refractivity contribution < 1.29 is 158 Å². The van der Waals surface area contributed by atoms with Gasteiger partial charge < -0.3 is 153 Å². The number of ether oxygens (including phenoxy) is 13. The van der Waals surface area contributed by atoms with Gasteiger partial charge in [-0.3, -0.25) is 0 Å². The number of hydrogen-bond donors (Lipinski definition) is 18. The third kappa shape index (κ3) is 11.0. The minimum atomic E-state index is -2.25. The molecule has 0 amide bonds. The van der Waals surface area contributed by atoms with E-state index in [1.54, 1.807) is 0 Å². The van der Waals surface area contributed by atoms with Crippen molar-refractivity contribution >= 4 is 6.16 Å². The molecule has 18 N–H and O–H groups in total. The molecule has 0 aromatic carbocycles. The molecule has 69 heavy (non-hydrogen) atoms. The summed E-state index contributed by atoms with van der Waals surface area (Å²) in [5.74, 6) is 0. The Morgan fingerprint density at radius 3 is 0.638 bits per heavy atom. The first-order valence-electron chi connectivity index (χ1n) is 21.7. The Morgan fingerprint density at radius 2 is 0.464 bits per heavy atom. The van der Waals surface area contributed by atoms with Gasteiger partial charge in [0.2, 0.25) is 0 Å². The second-order valence-electron chi connectivity index (χ2n) is 17.2. The van der Waals surface area contributed by atoms with Gasteiger partial charge in [-0.2, -0.15) is 0 Å². The molecule has 0 unspecified atom stereocenters. The van der Waals surface area contributed by atoms with Crippen LogP contribution < -0.4 is 0 Å². The van der Waals surface area contributed by atoms with Crippen LogP contribution in [0, 0.1) is 0 Å². The fourth-order valence-corrected chi connectivity index (χ4v) is 9.07. The molecule has 32 nitrogen and oxygen atoms in total. The monoisotopic (exact) mass is 1020 g/mol. The first-order valence-corrected chi connectivity index (χ1v) is 21.7. The minimum Gasteiger partial charge on any atom is -0.450 e. The van der Waals surface area contributed by atoms with Crippen LogP contribution in [0.1, 0.15) is 0 Å². The molecule has 22 heterocycles. The molecule has 32 heteroatoms. The summed E-state index contributed by atoms with van der Waals surface area (Å²) >= 11 is 0. The molecular formula is C37H60O32. The van der Waals surface area contributed by atoms with E-state index in [2.05, 4.69) is 4.74 Å². The zero-order valence-corrected chi connectivity index (χ0v) is 35.8. The number of aliphatic hydroxyl groups is 17. The lowest BCUT2D eigenvalue weighted by Crippen LogP contribution is -2.69. The first-order chi connectivity index (χ1) is 32.8. The van der Waals surface area contributed by atoms with Crippen LogP contribution in [0.4, 0.5) is 4.79 Å². The van der Waals surface area contributed by atoms with Gasteiger partial charge in [0.15, 0.2) is 37.7 Å². The van der Waals surface area contributed by atoms with Gasteiger partial charge in [0.05, 0.1) is 33.0 Å². The van der Waals surface area contributed by atoms with Crippen molar-refractivity contribution in [2.45, 2.75) is 184 Å². The lowest BCUT2D eigenvalue weighted by atomic mass is 9.94. The van der Waals surface area contributed by atoms with E-state index in [9.17, 15) is 96.7 Å². The number of hydrogen-bond acceptors (Lipinski definition) is 31. The van der Waals surface area contributed by atoms with E-state index in [0.717, 1.165) is 0 Å². The van der Waals surface area contributed by atoms with Crippen LogP contribution in [0.25, 0.3) is 0 Å². The zero-order chi connectivity index (χ0) is 50.3. The molecule has 0 radical (unpaired) electrons. The molecule has 22 rings (SSSR count). The molecular weight excluding hydrogens is 956 g/mol. The van der Waals surface area contributed by atoms with Gasteiger partial charge in [-0.1, -0.05) is 0 Å². The van der Waals surface area contributed by atoms with Crippen molar-refractivity contribution in [2.75, 3.05) is 39.6 Å². The van der Waals surface area contributed by atoms with E-state index in [0.29, 0.717) is 0 Å². The van der Waals surface area contributed by atoms with Crippen molar-refractivity contribution in [3.05, 3.63) is 0 Å². The normalized spacial score (nSPS) is 53.3. The summed E-state index contributed by atoms with van der Waals surface area (Å²) in [6, 6.07) is 0. The highest BCUT2D eigenvalue weighted by atomic mass is 16.8. The molecule has 22 aliphatic rings. The molecule has 400 valence electrons. The summed E-state index contributed by atoms with van der Waals surface area (Å²) in [7, 11) is 0. The Labute approximate surface area is 388 Å². The fourth-order valence-electron chi connectivity index (χ4n) is 9.07. The molecule has 12 bridgehead atoms. The van der Waals surface area contributed by atoms with Crippen LogP contribution in [0.15, 0.2) is 0 Å². The van der Waals surface area contributed by atoms with Gasteiger partial charge in [-0.25, -0.2) is 4.79 Å². The molecule has 22 aliphatic heterocycles. The zero-order valence-electron chi connectivity index (χ0n) is 35.8. The predicted octanol–water partition coefficient (Wildman–Crippen LogP) is -12.4. The first kappa shape index (κ1) is 54.9. The van der Waals surface area contributed by atoms with Crippen LogP contribution in [0.5, 0.6) is 0 Å². The van der Waals surface area contributed by atoms with Gasteiger partial charge in [0.1, 0.15) is 153 Å². The Hall–Kier alpha value is -1.89. The van der Waals surface area contributed by atoms with Crippen molar-refractivity contribution in [2.24, 2.45) is 0 Å². The Balaban J connectivity index is 1.21. The summed E-state index contributed by atoms with van der Waals surface area (Å²) in [5.41, 5.74) is 0. The topological polar surface area (TPSA) is 501 Å². The molecule has 22 fully saturated rings. The highest BCUT2D eigenvalue weighted by molar-refractivity contribution is 5.56. The lowest BCUT2D eigenvalue weighted by Gasteiger charge is -2.50. The van der Waals surface area contributed by atoms with E-state index in [-0.39, 0.29) is 0 Å². The second-order valence-corrected chi connectivity index (χ2v) is 17.2. The van der Waals surface area contributed by atoms with Crippen molar-refractivity contribution in [3.63, 3.8) is 0 Å². The molecule has 0 aliphatic carbocycles. The summed E-state index contributed by atoms with van der Waals surface area (Å²) < 4.78 is 72.6. The third-order valence-electron chi connectivity index (χ3n) is 12.9. The van der Waals surface area contributed by atoms with Gasteiger partial charge in [0, 0.05) is 0 Å². The van der Waals surface area contributed by atoms with Crippen LogP contribution in [-0.2, 0) is 61.6 Å². The van der Waals surface area contributed by atoms with E-state index in [1.165, 1.54) is 0 Å². The quantitative estimate of drug-likeness (QED) is 0.105. The maximum absolute atomic E-state index is 11.5. The average Bonchev–Trinajstić information content (AvgIpc) is 3.33. The molecule has 0 aromatic heterocycles. The van der Waals surface area contributed by atoms with Crippen LogP contribution in [0.2, 0.25) is 0 Å². The molecule has 0 spiro atoms.